The highest BCUT2D eigenvalue weighted by Crippen LogP contribution is 1.99. The number of nitrogens with one attached hydrogen (secondary N) is 1. The fourth-order valence-electron chi connectivity index (χ4n) is 0.989. The van der Waals surface area contributed by atoms with Gasteiger partial charge in [0.05, 0.1) is 6.61 Å². The van der Waals surface area contributed by atoms with Crippen LogP contribution in [-0.4, -0.2) is 38.8 Å². The lowest BCUT2D eigenvalue weighted by Gasteiger charge is -2.19. The van der Waals surface area contributed by atoms with Gasteiger partial charge in [-0.3, -0.25) is 4.21 Å². The highest BCUT2D eigenvalue weighted by atomic mass is 32.2. The molecule has 2 unspecified atom stereocenters. The summed E-state index contributed by atoms with van der Waals surface area (Å²) in [7, 11) is 0. The van der Waals surface area contributed by atoms with Crippen LogP contribution in [0.15, 0.2) is 0 Å². The molecule has 0 radical (unpaired) electrons. The molecule has 0 amide bonds. The highest BCUT2D eigenvalue weighted by Gasteiger charge is 2.09. The second-order valence-electron chi connectivity index (χ2n) is 3.35. The van der Waals surface area contributed by atoms with E-state index in [9.17, 15) is 8.76 Å². The molecule has 5 heteroatoms. The molecule has 0 saturated carbocycles. The van der Waals surface area contributed by atoms with Crippen molar-refractivity contribution >= 4 is 11.1 Å². The largest absolute Gasteiger partial charge is 0.772 e. The SMILES string of the molecule is CC(C)C(CO)NCCCS(=O)[O-]. The average molecular weight is 208 g/mol. The number of rotatable bonds is 7. The van der Waals surface area contributed by atoms with Crippen molar-refractivity contribution in [2.75, 3.05) is 18.9 Å². The van der Waals surface area contributed by atoms with Crippen molar-refractivity contribution in [3.8, 4) is 0 Å². The van der Waals surface area contributed by atoms with Gasteiger partial charge in [-0.15, -0.1) is 0 Å². The van der Waals surface area contributed by atoms with E-state index in [0.29, 0.717) is 18.9 Å². The normalized spacial score (nSPS) is 16.1. The molecule has 0 aliphatic rings. The van der Waals surface area contributed by atoms with Gasteiger partial charge in [0.25, 0.3) is 0 Å². The maximum atomic E-state index is 10.2. The number of hydrogen-bond acceptors (Lipinski definition) is 4. The molecule has 2 N–H and O–H groups in total. The van der Waals surface area contributed by atoms with Crippen molar-refractivity contribution in [3.05, 3.63) is 0 Å². The van der Waals surface area contributed by atoms with Crippen LogP contribution >= 0.6 is 0 Å². The third-order valence-corrected chi connectivity index (χ3v) is 2.52. The second kappa shape index (κ2) is 7.44. The van der Waals surface area contributed by atoms with Crippen LogP contribution in [0.2, 0.25) is 0 Å². The monoisotopic (exact) mass is 208 g/mol. The van der Waals surface area contributed by atoms with Crippen molar-refractivity contribution in [1.82, 2.24) is 5.32 Å². The zero-order valence-corrected chi connectivity index (χ0v) is 8.97. The van der Waals surface area contributed by atoms with Crippen LogP contribution < -0.4 is 5.32 Å². The van der Waals surface area contributed by atoms with Gasteiger partial charge in [-0.25, -0.2) is 0 Å². The topological polar surface area (TPSA) is 72.4 Å². The van der Waals surface area contributed by atoms with E-state index < -0.39 is 11.1 Å². The lowest BCUT2D eigenvalue weighted by Crippen LogP contribution is -2.37. The molecular formula is C8H18NO3S-. The minimum Gasteiger partial charge on any atom is -0.772 e. The van der Waals surface area contributed by atoms with Gasteiger partial charge < -0.3 is 15.0 Å². The first-order valence-electron chi connectivity index (χ1n) is 4.48. The first-order chi connectivity index (χ1) is 6.07. The van der Waals surface area contributed by atoms with Crippen LogP contribution in [0.3, 0.4) is 0 Å². The summed E-state index contributed by atoms with van der Waals surface area (Å²) in [5, 5.41) is 12.0. The number of aliphatic hydroxyl groups is 1. The first kappa shape index (κ1) is 13.0. The Balaban J connectivity index is 3.44. The number of aliphatic hydroxyl groups excluding tert-OH is 1. The van der Waals surface area contributed by atoms with Gasteiger partial charge in [0.15, 0.2) is 0 Å². The fourth-order valence-corrected chi connectivity index (χ4v) is 1.37. The van der Waals surface area contributed by atoms with E-state index in [2.05, 4.69) is 5.32 Å². The van der Waals surface area contributed by atoms with Gasteiger partial charge in [-0.05, 0) is 18.9 Å². The quantitative estimate of drug-likeness (QED) is 0.451. The third-order valence-electron chi connectivity index (χ3n) is 1.90. The standard InChI is InChI=1S/C8H19NO3S/c1-7(2)8(6-10)9-4-3-5-13(11)12/h7-10H,3-6H2,1-2H3,(H,11,12)/p-1. The van der Waals surface area contributed by atoms with Gasteiger partial charge in [0.2, 0.25) is 0 Å². The summed E-state index contributed by atoms with van der Waals surface area (Å²) in [6, 6.07) is 0.0695. The maximum absolute atomic E-state index is 10.2. The van der Waals surface area contributed by atoms with E-state index in [4.69, 9.17) is 5.11 Å². The lowest BCUT2D eigenvalue weighted by atomic mass is 10.1. The van der Waals surface area contributed by atoms with Crippen molar-refractivity contribution < 1.29 is 13.9 Å². The zero-order valence-electron chi connectivity index (χ0n) is 8.16. The molecule has 0 bridgehead atoms. The Morgan fingerprint density at radius 3 is 2.54 bits per heavy atom. The summed E-state index contributed by atoms with van der Waals surface area (Å²) in [4.78, 5) is 0. The maximum Gasteiger partial charge on any atom is 0.0587 e. The van der Waals surface area contributed by atoms with E-state index in [1.807, 2.05) is 13.8 Å². The molecule has 0 fully saturated rings. The zero-order chi connectivity index (χ0) is 10.3. The molecule has 80 valence electrons. The molecule has 0 saturated heterocycles. The molecule has 0 aromatic carbocycles. The van der Waals surface area contributed by atoms with Gasteiger partial charge in [0, 0.05) is 11.8 Å². The average Bonchev–Trinajstić information content (AvgIpc) is 2.03. The van der Waals surface area contributed by atoms with E-state index in [-0.39, 0.29) is 18.4 Å². The van der Waals surface area contributed by atoms with Crippen molar-refractivity contribution in [2.45, 2.75) is 26.3 Å². The molecule has 0 heterocycles. The number of hydrogen-bond donors (Lipinski definition) is 2. The van der Waals surface area contributed by atoms with Crippen LogP contribution in [-0.2, 0) is 11.1 Å². The van der Waals surface area contributed by atoms with Crippen molar-refractivity contribution in [1.29, 1.82) is 0 Å². The summed E-state index contributed by atoms with van der Waals surface area (Å²) in [6.07, 6.45) is 0.597. The molecular weight excluding hydrogens is 190 g/mol. The Morgan fingerprint density at radius 2 is 2.15 bits per heavy atom. The predicted molar refractivity (Wildman–Crippen MR) is 52.1 cm³/mol. The predicted octanol–water partition coefficient (Wildman–Crippen LogP) is -0.138. The lowest BCUT2D eigenvalue weighted by molar-refractivity contribution is 0.211. The highest BCUT2D eigenvalue weighted by molar-refractivity contribution is 7.79. The van der Waals surface area contributed by atoms with Gasteiger partial charge >= 0.3 is 0 Å². The van der Waals surface area contributed by atoms with Crippen LogP contribution in [0.4, 0.5) is 0 Å². The van der Waals surface area contributed by atoms with E-state index in [1.54, 1.807) is 0 Å². The Kier molecular flexibility index (Phi) is 7.45. The van der Waals surface area contributed by atoms with Crippen LogP contribution in [0.25, 0.3) is 0 Å². The fraction of sp³-hybridized carbons (Fsp3) is 1.00. The van der Waals surface area contributed by atoms with Crippen LogP contribution in [0.1, 0.15) is 20.3 Å². The van der Waals surface area contributed by atoms with E-state index in [0.717, 1.165) is 0 Å². The molecule has 0 aromatic rings. The Hall–Kier alpha value is 0.0300. The minimum absolute atomic E-state index is 0.0695. The van der Waals surface area contributed by atoms with Gasteiger partial charge in [-0.2, -0.15) is 0 Å². The molecule has 0 aromatic heterocycles. The Bertz CT molecular complexity index is 152. The summed E-state index contributed by atoms with van der Waals surface area (Å²) in [6.45, 7) is 4.76. The molecule has 2 atom stereocenters. The van der Waals surface area contributed by atoms with Gasteiger partial charge in [-0.1, -0.05) is 24.9 Å². The molecule has 0 aliphatic carbocycles. The van der Waals surface area contributed by atoms with Crippen molar-refractivity contribution in [3.63, 3.8) is 0 Å². The van der Waals surface area contributed by atoms with E-state index in [1.165, 1.54) is 0 Å². The Labute approximate surface area is 82.0 Å². The summed E-state index contributed by atoms with van der Waals surface area (Å²) >= 11 is -1.95. The van der Waals surface area contributed by atoms with Gasteiger partial charge in [0.1, 0.15) is 0 Å². The smallest absolute Gasteiger partial charge is 0.0587 e. The van der Waals surface area contributed by atoms with Crippen LogP contribution in [0, 0.1) is 5.92 Å². The molecule has 0 spiro atoms. The summed E-state index contributed by atoms with van der Waals surface area (Å²) in [5.41, 5.74) is 0. The minimum atomic E-state index is -1.95. The molecule has 4 nitrogen and oxygen atoms in total. The second-order valence-corrected chi connectivity index (χ2v) is 4.36. The summed E-state index contributed by atoms with van der Waals surface area (Å²) < 4.78 is 20.3. The Morgan fingerprint density at radius 1 is 1.54 bits per heavy atom. The van der Waals surface area contributed by atoms with Crippen LogP contribution in [0.5, 0.6) is 0 Å². The summed E-state index contributed by atoms with van der Waals surface area (Å²) in [5.74, 6) is 0.547. The third kappa shape index (κ3) is 7.13. The molecule has 13 heavy (non-hydrogen) atoms. The van der Waals surface area contributed by atoms with Crippen molar-refractivity contribution in [2.24, 2.45) is 5.92 Å². The first-order valence-corrected chi connectivity index (χ1v) is 5.72. The molecule has 0 aliphatic heterocycles. The van der Waals surface area contributed by atoms with E-state index >= 15 is 0 Å². The molecule has 0 rings (SSSR count).